The molecule has 4 heteroatoms. The Morgan fingerprint density at radius 3 is 0.968 bits per heavy atom. The molecule has 184 valence electrons. The molecule has 4 nitrogen and oxygen atoms in total. The minimum absolute atomic E-state index is 0.0544. The van der Waals surface area contributed by atoms with Gasteiger partial charge < -0.3 is 10.6 Å². The SMILES string of the molecule is CCCCCCCCCCCCC(=O)NCNC(=O)CCCCCCCCCCCC. The van der Waals surface area contributed by atoms with Crippen LogP contribution in [0.1, 0.15) is 155 Å². The van der Waals surface area contributed by atoms with Gasteiger partial charge in [0, 0.05) is 12.8 Å². The van der Waals surface area contributed by atoms with Crippen molar-refractivity contribution in [2.75, 3.05) is 6.67 Å². The summed E-state index contributed by atoms with van der Waals surface area (Å²) < 4.78 is 0. The van der Waals surface area contributed by atoms with E-state index in [1.54, 1.807) is 0 Å². The molecule has 0 heterocycles. The molecule has 0 rings (SSSR count). The average Bonchev–Trinajstić information content (AvgIpc) is 2.76. The van der Waals surface area contributed by atoms with Crippen LogP contribution in [0.25, 0.3) is 0 Å². The summed E-state index contributed by atoms with van der Waals surface area (Å²) in [4.78, 5) is 23.7. The molecule has 2 N–H and O–H groups in total. The highest BCUT2D eigenvalue weighted by Gasteiger charge is 2.03. The lowest BCUT2D eigenvalue weighted by molar-refractivity contribution is -0.123. The van der Waals surface area contributed by atoms with Crippen molar-refractivity contribution in [2.24, 2.45) is 0 Å². The van der Waals surface area contributed by atoms with E-state index in [0.717, 1.165) is 25.7 Å². The molecule has 0 atom stereocenters. The first-order valence-electron chi connectivity index (χ1n) is 13.7. The molecule has 0 saturated heterocycles. The number of unbranched alkanes of at least 4 members (excludes halogenated alkanes) is 18. The summed E-state index contributed by atoms with van der Waals surface area (Å²) in [7, 11) is 0. The van der Waals surface area contributed by atoms with Crippen molar-refractivity contribution in [1.29, 1.82) is 0 Å². The fraction of sp³-hybridized carbons (Fsp3) is 0.926. The van der Waals surface area contributed by atoms with Crippen molar-refractivity contribution >= 4 is 11.8 Å². The van der Waals surface area contributed by atoms with Gasteiger partial charge in [0.25, 0.3) is 0 Å². The third-order valence-electron chi connectivity index (χ3n) is 6.09. The molecule has 0 spiro atoms. The van der Waals surface area contributed by atoms with Gasteiger partial charge in [-0.25, -0.2) is 0 Å². The van der Waals surface area contributed by atoms with Crippen molar-refractivity contribution in [1.82, 2.24) is 10.6 Å². The van der Waals surface area contributed by atoms with E-state index < -0.39 is 0 Å². The molecule has 0 aliphatic heterocycles. The number of rotatable bonds is 24. The van der Waals surface area contributed by atoms with Gasteiger partial charge in [-0.1, -0.05) is 129 Å². The maximum Gasteiger partial charge on any atom is 0.221 e. The molecule has 0 unspecified atom stereocenters. The largest absolute Gasteiger partial charge is 0.339 e. The number of hydrogen-bond acceptors (Lipinski definition) is 2. The van der Waals surface area contributed by atoms with E-state index in [1.807, 2.05) is 0 Å². The average molecular weight is 439 g/mol. The summed E-state index contributed by atoms with van der Waals surface area (Å²) in [5.74, 6) is 0.109. The molecule has 0 aromatic rings. The zero-order valence-electron chi connectivity index (χ0n) is 21.1. The smallest absolute Gasteiger partial charge is 0.221 e. The molecule has 31 heavy (non-hydrogen) atoms. The molecule has 0 aromatic heterocycles. The highest BCUT2D eigenvalue weighted by atomic mass is 16.2. The zero-order chi connectivity index (χ0) is 22.8. The number of carbonyl (C=O) groups is 2. The lowest BCUT2D eigenvalue weighted by Gasteiger charge is -2.08. The molecular weight excluding hydrogens is 384 g/mol. The van der Waals surface area contributed by atoms with Gasteiger partial charge in [-0.15, -0.1) is 0 Å². The first kappa shape index (κ1) is 29.9. The first-order chi connectivity index (χ1) is 15.2. The first-order valence-corrected chi connectivity index (χ1v) is 13.7. The summed E-state index contributed by atoms with van der Waals surface area (Å²) >= 11 is 0. The Labute approximate surface area is 194 Å². The maximum atomic E-state index is 11.8. The van der Waals surface area contributed by atoms with Crippen LogP contribution in [0.4, 0.5) is 0 Å². The number of carbonyl (C=O) groups excluding carboxylic acids is 2. The monoisotopic (exact) mass is 438 g/mol. The Kier molecular flexibility index (Phi) is 24.3. The molecule has 0 aliphatic carbocycles. The Hall–Kier alpha value is -1.06. The Morgan fingerprint density at radius 1 is 0.419 bits per heavy atom. The number of amides is 2. The fourth-order valence-corrected chi connectivity index (χ4v) is 3.96. The summed E-state index contributed by atoms with van der Waals surface area (Å²) in [6.07, 6.45) is 26.6. The van der Waals surface area contributed by atoms with Gasteiger partial charge in [-0.2, -0.15) is 0 Å². The summed E-state index contributed by atoms with van der Waals surface area (Å²) in [6, 6.07) is 0. The summed E-state index contributed by atoms with van der Waals surface area (Å²) in [5, 5.41) is 5.63. The van der Waals surface area contributed by atoms with Gasteiger partial charge in [0.05, 0.1) is 6.67 Å². The highest BCUT2D eigenvalue weighted by Crippen LogP contribution is 2.12. The predicted octanol–water partition coefficient (Wildman–Crippen LogP) is 7.80. The molecular formula is C27H54N2O2. The van der Waals surface area contributed by atoms with Gasteiger partial charge in [-0.3, -0.25) is 9.59 Å². The van der Waals surface area contributed by atoms with E-state index in [1.165, 1.54) is 103 Å². The van der Waals surface area contributed by atoms with Gasteiger partial charge in [0.1, 0.15) is 0 Å². The predicted molar refractivity (Wildman–Crippen MR) is 134 cm³/mol. The summed E-state index contributed by atoms with van der Waals surface area (Å²) in [6.45, 7) is 4.78. The van der Waals surface area contributed by atoms with Crippen molar-refractivity contribution in [3.8, 4) is 0 Å². The lowest BCUT2D eigenvalue weighted by atomic mass is 10.1. The second kappa shape index (κ2) is 25.2. The minimum Gasteiger partial charge on any atom is -0.339 e. The Morgan fingerprint density at radius 2 is 0.677 bits per heavy atom. The van der Waals surface area contributed by atoms with Crippen LogP contribution >= 0.6 is 0 Å². The van der Waals surface area contributed by atoms with Crippen LogP contribution in [0.5, 0.6) is 0 Å². The molecule has 0 fully saturated rings. The summed E-state index contributed by atoms with van der Waals surface area (Å²) in [5.41, 5.74) is 0. The van der Waals surface area contributed by atoms with Crippen LogP contribution in [0, 0.1) is 0 Å². The van der Waals surface area contributed by atoms with Crippen LogP contribution in [0.2, 0.25) is 0 Å². The van der Waals surface area contributed by atoms with Crippen molar-refractivity contribution < 1.29 is 9.59 Å². The van der Waals surface area contributed by atoms with Gasteiger partial charge in [0.15, 0.2) is 0 Å². The van der Waals surface area contributed by atoms with E-state index in [-0.39, 0.29) is 18.5 Å². The normalized spacial score (nSPS) is 10.9. The third kappa shape index (κ3) is 25.1. The third-order valence-corrected chi connectivity index (χ3v) is 6.09. The van der Waals surface area contributed by atoms with E-state index in [4.69, 9.17) is 0 Å². The van der Waals surface area contributed by atoms with Crippen LogP contribution in [-0.4, -0.2) is 18.5 Å². The molecule has 0 saturated carbocycles. The lowest BCUT2D eigenvalue weighted by Crippen LogP contribution is -2.37. The topological polar surface area (TPSA) is 58.2 Å². The molecule has 0 aromatic carbocycles. The molecule has 2 amide bonds. The van der Waals surface area contributed by atoms with E-state index in [2.05, 4.69) is 24.5 Å². The van der Waals surface area contributed by atoms with E-state index in [9.17, 15) is 9.59 Å². The van der Waals surface area contributed by atoms with Crippen molar-refractivity contribution in [2.45, 2.75) is 155 Å². The van der Waals surface area contributed by atoms with Crippen LogP contribution < -0.4 is 10.6 Å². The van der Waals surface area contributed by atoms with Crippen LogP contribution in [0.15, 0.2) is 0 Å². The molecule has 0 radical (unpaired) electrons. The Bertz CT molecular complexity index is 363. The molecule has 0 bridgehead atoms. The highest BCUT2D eigenvalue weighted by molar-refractivity contribution is 5.78. The second-order valence-electron chi connectivity index (χ2n) is 9.24. The minimum atomic E-state index is 0.0544. The van der Waals surface area contributed by atoms with Crippen LogP contribution in [0.3, 0.4) is 0 Å². The quantitative estimate of drug-likeness (QED) is 0.119. The standard InChI is InChI=1S/C27H54N2O2/c1-3-5-7-9-11-13-15-17-19-21-23-26(30)28-25-29-27(31)24-22-20-18-16-14-12-10-8-6-4-2/h3-25H2,1-2H3,(H,28,30)(H,29,31). The van der Waals surface area contributed by atoms with Crippen molar-refractivity contribution in [3.63, 3.8) is 0 Å². The maximum absolute atomic E-state index is 11.8. The van der Waals surface area contributed by atoms with E-state index in [0.29, 0.717) is 12.8 Å². The van der Waals surface area contributed by atoms with Gasteiger partial charge in [-0.05, 0) is 12.8 Å². The van der Waals surface area contributed by atoms with Crippen LogP contribution in [-0.2, 0) is 9.59 Å². The fourth-order valence-electron chi connectivity index (χ4n) is 3.96. The number of hydrogen-bond donors (Lipinski definition) is 2. The molecule has 0 aliphatic rings. The Balaban J connectivity index is 3.30. The zero-order valence-corrected chi connectivity index (χ0v) is 21.1. The van der Waals surface area contributed by atoms with Crippen molar-refractivity contribution in [3.05, 3.63) is 0 Å². The number of nitrogens with one attached hydrogen (secondary N) is 2. The second-order valence-corrected chi connectivity index (χ2v) is 9.24. The van der Waals surface area contributed by atoms with Gasteiger partial charge in [0.2, 0.25) is 11.8 Å². The van der Waals surface area contributed by atoms with E-state index >= 15 is 0 Å². The van der Waals surface area contributed by atoms with Gasteiger partial charge >= 0.3 is 0 Å².